The number of likely N-dealkylation sites (tertiary alicyclic amines) is 1. The number of aliphatic hydroxyl groups is 1. The fourth-order valence-corrected chi connectivity index (χ4v) is 2.71. The second-order valence-electron chi connectivity index (χ2n) is 5.38. The molecule has 2 unspecified atom stereocenters. The number of amides is 1. The molecule has 1 saturated heterocycles. The van der Waals surface area contributed by atoms with Gasteiger partial charge in [-0.25, -0.2) is 0 Å². The molecule has 1 aromatic rings. The lowest BCUT2D eigenvalue weighted by molar-refractivity contribution is -0.119. The zero-order valence-corrected chi connectivity index (χ0v) is 12.1. The molecule has 2 heterocycles. The van der Waals surface area contributed by atoms with Crippen LogP contribution in [0.2, 0.25) is 0 Å². The minimum Gasteiger partial charge on any atom is -0.392 e. The third kappa shape index (κ3) is 3.80. The van der Waals surface area contributed by atoms with Crippen LogP contribution in [0.5, 0.6) is 0 Å². The van der Waals surface area contributed by atoms with Gasteiger partial charge in [0.25, 0.3) is 0 Å². The fraction of sp³-hybridized carbons (Fsp3) is 0.714. The number of aryl methyl sites for hydroxylation is 1. The van der Waals surface area contributed by atoms with E-state index in [1.165, 1.54) is 0 Å². The van der Waals surface area contributed by atoms with Gasteiger partial charge in [0.05, 0.1) is 12.6 Å². The standard InChI is InChI=1S/C14H23N3O3/c1-3-12(18)11-6-4-5-7-17(11)9-14(19)15-13-8-10(2)20-16-13/h8,11-12,18H,3-7,9H2,1-2H3,(H,15,16,19). The van der Waals surface area contributed by atoms with Gasteiger partial charge in [0.2, 0.25) is 5.91 Å². The van der Waals surface area contributed by atoms with Crippen LogP contribution >= 0.6 is 0 Å². The van der Waals surface area contributed by atoms with Gasteiger partial charge in [0.1, 0.15) is 5.76 Å². The molecule has 1 amide bonds. The van der Waals surface area contributed by atoms with Crippen LogP contribution in [-0.4, -0.2) is 46.3 Å². The molecule has 0 spiro atoms. The molecule has 1 fully saturated rings. The Morgan fingerprint density at radius 3 is 3.10 bits per heavy atom. The van der Waals surface area contributed by atoms with E-state index in [2.05, 4.69) is 15.4 Å². The summed E-state index contributed by atoms with van der Waals surface area (Å²) in [6.07, 6.45) is 3.49. The van der Waals surface area contributed by atoms with Crippen LogP contribution in [0.25, 0.3) is 0 Å². The van der Waals surface area contributed by atoms with Crippen LogP contribution in [-0.2, 0) is 4.79 Å². The van der Waals surface area contributed by atoms with E-state index in [0.717, 1.165) is 25.8 Å². The highest BCUT2D eigenvalue weighted by atomic mass is 16.5. The molecular formula is C14H23N3O3. The molecule has 1 aromatic heterocycles. The maximum absolute atomic E-state index is 12.0. The van der Waals surface area contributed by atoms with Gasteiger partial charge in [-0.1, -0.05) is 18.5 Å². The molecule has 2 atom stereocenters. The number of piperidine rings is 1. The lowest BCUT2D eigenvalue weighted by Crippen LogP contribution is -2.49. The van der Waals surface area contributed by atoms with Gasteiger partial charge in [0.15, 0.2) is 5.82 Å². The van der Waals surface area contributed by atoms with E-state index in [0.29, 0.717) is 18.0 Å². The van der Waals surface area contributed by atoms with E-state index in [4.69, 9.17) is 4.52 Å². The summed E-state index contributed by atoms with van der Waals surface area (Å²) < 4.78 is 4.91. The molecule has 6 nitrogen and oxygen atoms in total. The summed E-state index contributed by atoms with van der Waals surface area (Å²) >= 11 is 0. The van der Waals surface area contributed by atoms with Gasteiger partial charge in [0, 0.05) is 12.1 Å². The van der Waals surface area contributed by atoms with E-state index in [1.807, 2.05) is 6.92 Å². The Morgan fingerprint density at radius 2 is 2.45 bits per heavy atom. The van der Waals surface area contributed by atoms with Crippen LogP contribution in [0.1, 0.15) is 38.4 Å². The molecule has 112 valence electrons. The molecule has 20 heavy (non-hydrogen) atoms. The fourth-order valence-electron chi connectivity index (χ4n) is 2.71. The number of aromatic nitrogens is 1. The van der Waals surface area contributed by atoms with E-state index in [9.17, 15) is 9.90 Å². The van der Waals surface area contributed by atoms with Crippen molar-refractivity contribution in [2.45, 2.75) is 51.7 Å². The van der Waals surface area contributed by atoms with Gasteiger partial charge in [-0.3, -0.25) is 9.69 Å². The Morgan fingerprint density at radius 1 is 1.65 bits per heavy atom. The smallest absolute Gasteiger partial charge is 0.239 e. The first kappa shape index (κ1) is 15.0. The van der Waals surface area contributed by atoms with Gasteiger partial charge in [-0.15, -0.1) is 0 Å². The Kier molecular flexibility index (Phi) is 5.14. The van der Waals surface area contributed by atoms with E-state index >= 15 is 0 Å². The second-order valence-corrected chi connectivity index (χ2v) is 5.38. The van der Waals surface area contributed by atoms with E-state index in [1.54, 1.807) is 13.0 Å². The zero-order valence-electron chi connectivity index (χ0n) is 12.1. The molecule has 6 heteroatoms. The number of nitrogens with zero attached hydrogens (tertiary/aromatic N) is 2. The minimum absolute atomic E-state index is 0.0820. The third-order valence-corrected chi connectivity index (χ3v) is 3.77. The number of hydrogen-bond donors (Lipinski definition) is 2. The average molecular weight is 281 g/mol. The van der Waals surface area contributed by atoms with Crippen LogP contribution in [0.3, 0.4) is 0 Å². The predicted octanol–water partition coefficient (Wildman–Crippen LogP) is 1.55. The van der Waals surface area contributed by atoms with Gasteiger partial charge in [-0.2, -0.15) is 0 Å². The Hall–Kier alpha value is -1.40. The van der Waals surface area contributed by atoms with E-state index in [-0.39, 0.29) is 24.6 Å². The molecule has 0 aromatic carbocycles. The summed E-state index contributed by atoms with van der Waals surface area (Å²) in [6.45, 7) is 4.89. The van der Waals surface area contributed by atoms with Crippen molar-refractivity contribution in [1.82, 2.24) is 10.1 Å². The molecule has 1 aliphatic rings. The molecule has 2 N–H and O–H groups in total. The molecule has 0 aliphatic carbocycles. The Balaban J connectivity index is 1.91. The zero-order chi connectivity index (χ0) is 14.5. The largest absolute Gasteiger partial charge is 0.392 e. The Labute approximate surface area is 119 Å². The first-order valence-corrected chi connectivity index (χ1v) is 7.25. The molecule has 1 aliphatic heterocycles. The summed E-state index contributed by atoms with van der Waals surface area (Å²) in [5.74, 6) is 0.989. The summed E-state index contributed by atoms with van der Waals surface area (Å²) in [6, 6.07) is 1.77. The molecule has 0 radical (unpaired) electrons. The lowest BCUT2D eigenvalue weighted by atomic mass is 9.96. The number of rotatable bonds is 5. The van der Waals surface area contributed by atoms with Crippen LogP contribution in [0.15, 0.2) is 10.6 Å². The number of hydrogen-bond acceptors (Lipinski definition) is 5. The summed E-state index contributed by atoms with van der Waals surface area (Å²) in [5.41, 5.74) is 0. The molecule has 0 saturated carbocycles. The first-order chi connectivity index (χ1) is 9.60. The van der Waals surface area contributed by atoms with Gasteiger partial charge in [-0.05, 0) is 32.7 Å². The van der Waals surface area contributed by atoms with Crippen LogP contribution < -0.4 is 5.32 Å². The maximum Gasteiger partial charge on any atom is 0.239 e. The first-order valence-electron chi connectivity index (χ1n) is 7.25. The summed E-state index contributed by atoms with van der Waals surface area (Å²) in [4.78, 5) is 14.1. The number of nitrogens with one attached hydrogen (secondary N) is 1. The van der Waals surface area contributed by atoms with Crippen molar-refractivity contribution in [3.63, 3.8) is 0 Å². The minimum atomic E-state index is -0.364. The molecule has 2 rings (SSSR count). The lowest BCUT2D eigenvalue weighted by Gasteiger charge is -2.37. The van der Waals surface area contributed by atoms with Crippen molar-refractivity contribution >= 4 is 11.7 Å². The van der Waals surface area contributed by atoms with Crippen molar-refractivity contribution in [2.75, 3.05) is 18.4 Å². The normalized spacial score (nSPS) is 21.6. The topological polar surface area (TPSA) is 78.6 Å². The Bertz CT molecular complexity index is 447. The van der Waals surface area contributed by atoms with Crippen molar-refractivity contribution in [3.05, 3.63) is 11.8 Å². The van der Waals surface area contributed by atoms with Gasteiger partial charge < -0.3 is 14.9 Å². The van der Waals surface area contributed by atoms with Crippen molar-refractivity contribution in [1.29, 1.82) is 0 Å². The summed E-state index contributed by atoms with van der Waals surface area (Å²) in [7, 11) is 0. The van der Waals surface area contributed by atoms with Crippen molar-refractivity contribution < 1.29 is 14.4 Å². The highest BCUT2D eigenvalue weighted by Gasteiger charge is 2.29. The molecular weight excluding hydrogens is 258 g/mol. The number of anilines is 1. The highest BCUT2D eigenvalue weighted by molar-refractivity contribution is 5.91. The van der Waals surface area contributed by atoms with Crippen molar-refractivity contribution in [2.24, 2.45) is 0 Å². The van der Waals surface area contributed by atoms with Gasteiger partial charge >= 0.3 is 0 Å². The van der Waals surface area contributed by atoms with Crippen LogP contribution in [0.4, 0.5) is 5.82 Å². The third-order valence-electron chi connectivity index (χ3n) is 3.77. The summed E-state index contributed by atoms with van der Waals surface area (Å²) in [5, 5.41) is 16.5. The number of carbonyl (C=O) groups excluding carboxylic acids is 1. The van der Waals surface area contributed by atoms with Crippen molar-refractivity contribution in [3.8, 4) is 0 Å². The highest BCUT2D eigenvalue weighted by Crippen LogP contribution is 2.21. The molecule has 0 bridgehead atoms. The maximum atomic E-state index is 12.0. The average Bonchev–Trinajstić information content (AvgIpc) is 2.83. The second kappa shape index (κ2) is 6.85. The van der Waals surface area contributed by atoms with E-state index < -0.39 is 0 Å². The number of aliphatic hydroxyl groups excluding tert-OH is 1. The van der Waals surface area contributed by atoms with Crippen LogP contribution in [0, 0.1) is 6.92 Å². The SMILES string of the molecule is CCC(O)C1CCCCN1CC(=O)Nc1cc(C)on1. The number of carbonyl (C=O) groups is 1. The quantitative estimate of drug-likeness (QED) is 0.856. The monoisotopic (exact) mass is 281 g/mol. The predicted molar refractivity (Wildman–Crippen MR) is 75.4 cm³/mol.